The van der Waals surface area contributed by atoms with Gasteiger partial charge in [0.05, 0.1) is 49.4 Å². The van der Waals surface area contributed by atoms with E-state index in [1.807, 2.05) is 43.5 Å². The van der Waals surface area contributed by atoms with Gasteiger partial charge >= 0.3 is 0 Å². The fourth-order valence-electron chi connectivity index (χ4n) is 5.56. The number of methoxy groups -OCH3 is 2. The van der Waals surface area contributed by atoms with Crippen molar-refractivity contribution in [3.63, 3.8) is 0 Å². The predicted octanol–water partition coefficient (Wildman–Crippen LogP) is 3.58. The molecule has 3 aromatic heterocycles. The van der Waals surface area contributed by atoms with Crippen molar-refractivity contribution in [2.24, 2.45) is 0 Å². The molecule has 11 heteroatoms. The summed E-state index contributed by atoms with van der Waals surface area (Å²) in [6.07, 6.45) is 4.15. The van der Waals surface area contributed by atoms with E-state index in [1.54, 1.807) is 32.5 Å². The zero-order chi connectivity index (χ0) is 27.9. The summed E-state index contributed by atoms with van der Waals surface area (Å²) in [5.74, 6) is 1.32. The van der Waals surface area contributed by atoms with Gasteiger partial charge in [-0.25, -0.2) is 22.7 Å². The molecule has 1 fully saturated rings. The zero-order valence-electron chi connectivity index (χ0n) is 22.9. The molecule has 0 saturated carbocycles. The number of fused-ring (bicyclic) bond motifs is 2. The molecule has 0 N–H and O–H groups in total. The minimum absolute atomic E-state index is 0.227. The molecule has 0 bridgehead atoms. The quantitative estimate of drug-likeness (QED) is 0.321. The van der Waals surface area contributed by atoms with Gasteiger partial charge in [0.1, 0.15) is 5.82 Å². The van der Waals surface area contributed by atoms with Gasteiger partial charge in [-0.15, -0.1) is 0 Å². The van der Waals surface area contributed by atoms with Gasteiger partial charge in [0.25, 0.3) is 15.9 Å². The van der Waals surface area contributed by atoms with E-state index in [9.17, 15) is 8.42 Å². The van der Waals surface area contributed by atoms with Crippen LogP contribution in [0.5, 0.6) is 11.6 Å². The number of benzene rings is 1. The van der Waals surface area contributed by atoms with Crippen molar-refractivity contribution in [1.82, 2.24) is 19.4 Å². The van der Waals surface area contributed by atoms with Gasteiger partial charge in [-0.05, 0) is 30.7 Å². The number of sulfonamides is 1. The summed E-state index contributed by atoms with van der Waals surface area (Å²) in [4.78, 5) is 12.0. The number of rotatable bonds is 8. The maximum Gasteiger partial charge on any atom is 0.266 e. The molecule has 10 nitrogen and oxygen atoms in total. The molecule has 1 aromatic carbocycles. The Hall–Kier alpha value is -3.67. The molecule has 4 aromatic rings. The lowest BCUT2D eigenvalue weighted by molar-refractivity contribution is 0.0365. The summed E-state index contributed by atoms with van der Waals surface area (Å²) in [6.45, 7) is 6.69. The van der Waals surface area contributed by atoms with E-state index < -0.39 is 16.1 Å². The fourth-order valence-corrected chi connectivity index (χ4v) is 7.18. The third kappa shape index (κ3) is 4.67. The minimum atomic E-state index is -3.93. The Bertz CT molecular complexity index is 1630. The van der Waals surface area contributed by atoms with E-state index in [4.69, 9.17) is 19.2 Å². The van der Waals surface area contributed by atoms with E-state index in [1.165, 1.54) is 4.31 Å². The van der Waals surface area contributed by atoms with Crippen molar-refractivity contribution >= 4 is 26.9 Å². The Morgan fingerprint density at radius 2 is 1.82 bits per heavy atom. The molecule has 0 radical (unpaired) electrons. The summed E-state index contributed by atoms with van der Waals surface area (Å²) >= 11 is 0. The standard InChI is InChI=1S/C29H33N5O5S/c1-20-6-8-22(9-7-20)40(35,36)34-24(17-21-5-4-10-30-28(21)34)23-19-33(12-11-32-13-15-39-16-14-32)25-18-26(37-2)29(38-3)31-27(23)25/h4-10,18-19,24H,11-17H2,1-3H3. The average molecular weight is 564 g/mol. The molecule has 1 saturated heterocycles. The third-order valence-electron chi connectivity index (χ3n) is 7.70. The normalized spacial score (nSPS) is 17.8. The first kappa shape index (κ1) is 26.5. The van der Waals surface area contributed by atoms with Gasteiger partial charge in [0.15, 0.2) is 5.75 Å². The minimum Gasteiger partial charge on any atom is -0.491 e. The van der Waals surface area contributed by atoms with Crippen LogP contribution in [-0.2, 0) is 27.7 Å². The van der Waals surface area contributed by atoms with Crippen molar-refractivity contribution in [3.05, 3.63) is 71.5 Å². The van der Waals surface area contributed by atoms with Crippen LogP contribution in [0.2, 0.25) is 0 Å². The van der Waals surface area contributed by atoms with Gasteiger partial charge in [0.2, 0.25) is 0 Å². The lowest BCUT2D eigenvalue weighted by Crippen LogP contribution is -2.38. The van der Waals surface area contributed by atoms with Crippen molar-refractivity contribution in [2.75, 3.05) is 51.4 Å². The maximum atomic E-state index is 14.2. The highest BCUT2D eigenvalue weighted by molar-refractivity contribution is 7.92. The monoisotopic (exact) mass is 563 g/mol. The average Bonchev–Trinajstić information content (AvgIpc) is 3.54. The number of aryl methyl sites for hydroxylation is 1. The second-order valence-electron chi connectivity index (χ2n) is 10.1. The van der Waals surface area contributed by atoms with Crippen molar-refractivity contribution < 1.29 is 22.6 Å². The summed E-state index contributed by atoms with van der Waals surface area (Å²) in [5.41, 5.74) is 4.20. The molecule has 2 aliphatic heterocycles. The number of nitrogens with zero attached hydrogens (tertiary/aromatic N) is 5. The van der Waals surface area contributed by atoms with Gasteiger partial charge in [-0.1, -0.05) is 23.8 Å². The van der Waals surface area contributed by atoms with Crippen LogP contribution in [0.3, 0.4) is 0 Å². The van der Waals surface area contributed by atoms with E-state index in [0.717, 1.165) is 55.1 Å². The Labute approximate surface area is 234 Å². The number of hydrogen-bond acceptors (Lipinski definition) is 8. The number of ether oxygens (including phenoxy) is 3. The largest absolute Gasteiger partial charge is 0.491 e. The first-order valence-corrected chi connectivity index (χ1v) is 14.8. The number of anilines is 1. The van der Waals surface area contributed by atoms with E-state index in [-0.39, 0.29) is 4.90 Å². The second-order valence-corrected chi connectivity index (χ2v) is 11.9. The van der Waals surface area contributed by atoms with E-state index in [2.05, 4.69) is 14.5 Å². The van der Waals surface area contributed by atoms with Crippen LogP contribution < -0.4 is 13.8 Å². The van der Waals surface area contributed by atoms with Crippen molar-refractivity contribution in [3.8, 4) is 11.6 Å². The number of aromatic nitrogens is 3. The summed E-state index contributed by atoms with van der Waals surface area (Å²) in [6, 6.07) is 12.1. The highest BCUT2D eigenvalue weighted by Crippen LogP contribution is 2.45. The number of pyridine rings is 2. The lowest BCUT2D eigenvalue weighted by Gasteiger charge is -2.27. The van der Waals surface area contributed by atoms with E-state index in [0.29, 0.717) is 35.9 Å². The van der Waals surface area contributed by atoms with Crippen LogP contribution in [0.25, 0.3) is 11.0 Å². The molecule has 5 heterocycles. The van der Waals surface area contributed by atoms with Gasteiger partial charge in [0, 0.05) is 56.6 Å². The molecule has 6 rings (SSSR count). The fraction of sp³-hybridized carbons (Fsp3) is 0.379. The van der Waals surface area contributed by atoms with Crippen LogP contribution in [-0.4, -0.2) is 74.9 Å². The molecular weight excluding hydrogens is 530 g/mol. The molecule has 210 valence electrons. The molecular formula is C29H33N5O5S. The Morgan fingerprint density at radius 1 is 1.05 bits per heavy atom. The SMILES string of the molecule is COc1cc2c(nc1OC)c(C1Cc3cccnc3N1S(=O)(=O)c1ccc(C)cc1)cn2CCN1CCOCC1. The molecule has 40 heavy (non-hydrogen) atoms. The number of hydrogen-bond donors (Lipinski definition) is 0. The zero-order valence-corrected chi connectivity index (χ0v) is 23.7. The first-order valence-electron chi connectivity index (χ1n) is 13.4. The maximum absolute atomic E-state index is 14.2. The highest BCUT2D eigenvalue weighted by Gasteiger charge is 2.42. The van der Waals surface area contributed by atoms with Crippen LogP contribution >= 0.6 is 0 Å². The Kier molecular flexibility index (Phi) is 7.11. The summed E-state index contributed by atoms with van der Waals surface area (Å²) in [5, 5.41) is 0. The van der Waals surface area contributed by atoms with Gasteiger partial charge < -0.3 is 18.8 Å². The van der Waals surface area contributed by atoms with Crippen LogP contribution in [0, 0.1) is 6.92 Å². The van der Waals surface area contributed by atoms with Crippen molar-refractivity contribution in [2.45, 2.75) is 30.8 Å². The van der Waals surface area contributed by atoms with E-state index >= 15 is 0 Å². The second kappa shape index (κ2) is 10.7. The molecule has 0 spiro atoms. The molecule has 0 amide bonds. The smallest absolute Gasteiger partial charge is 0.266 e. The molecule has 2 aliphatic rings. The summed E-state index contributed by atoms with van der Waals surface area (Å²) in [7, 11) is -0.791. The predicted molar refractivity (Wildman–Crippen MR) is 152 cm³/mol. The Morgan fingerprint density at radius 3 is 2.55 bits per heavy atom. The third-order valence-corrected chi connectivity index (χ3v) is 9.51. The number of morpholine rings is 1. The molecule has 0 aliphatic carbocycles. The highest BCUT2D eigenvalue weighted by atomic mass is 32.2. The molecule has 1 atom stereocenters. The first-order chi connectivity index (χ1) is 19.4. The molecule has 1 unspecified atom stereocenters. The van der Waals surface area contributed by atoms with Crippen LogP contribution in [0.15, 0.2) is 59.8 Å². The van der Waals surface area contributed by atoms with Gasteiger partial charge in [-0.3, -0.25) is 4.90 Å². The van der Waals surface area contributed by atoms with Gasteiger partial charge in [-0.2, -0.15) is 0 Å². The Balaban J connectivity index is 1.48. The summed E-state index contributed by atoms with van der Waals surface area (Å²) < 4.78 is 48.6. The topological polar surface area (TPSA) is 99.0 Å². The van der Waals surface area contributed by atoms with Crippen LogP contribution in [0.4, 0.5) is 5.82 Å². The van der Waals surface area contributed by atoms with Crippen molar-refractivity contribution in [1.29, 1.82) is 0 Å². The lowest BCUT2D eigenvalue weighted by atomic mass is 10.1. The van der Waals surface area contributed by atoms with Crippen LogP contribution in [0.1, 0.15) is 22.7 Å².